The Balaban J connectivity index is 2.26. The summed E-state index contributed by atoms with van der Waals surface area (Å²) >= 11 is 0. The highest BCUT2D eigenvalue weighted by atomic mass is 16.1. The fourth-order valence-electron chi connectivity index (χ4n) is 2.34. The van der Waals surface area contributed by atoms with Crippen molar-refractivity contribution in [3.05, 3.63) is 30.1 Å². The number of pyridine rings is 1. The Hall–Kier alpha value is -1.88. The molecule has 2 aromatic heterocycles. The third kappa shape index (κ3) is 2.99. The average Bonchev–Trinajstić information content (AvgIpc) is 2.81. The van der Waals surface area contributed by atoms with Gasteiger partial charge in [0.25, 0.3) is 0 Å². The molecule has 2 heterocycles. The Kier molecular flexibility index (Phi) is 4.74. The van der Waals surface area contributed by atoms with E-state index in [0.717, 1.165) is 43.8 Å². The summed E-state index contributed by atoms with van der Waals surface area (Å²) in [6, 6.07) is 5.76. The minimum atomic E-state index is 0.632. The number of imidazole rings is 1. The molecule has 20 heavy (non-hydrogen) atoms. The first kappa shape index (κ1) is 14.5. The molecule has 5 nitrogen and oxygen atoms in total. The van der Waals surface area contributed by atoms with E-state index < -0.39 is 0 Å². The van der Waals surface area contributed by atoms with Crippen LogP contribution in [-0.4, -0.2) is 54.3 Å². The number of carbonyl (C=O) groups excluding carboxylic acids is 1. The third-order valence-corrected chi connectivity index (χ3v) is 3.37. The lowest BCUT2D eigenvalue weighted by Crippen LogP contribution is -2.28. The molecule has 0 saturated carbocycles. The second kappa shape index (κ2) is 6.52. The van der Waals surface area contributed by atoms with E-state index in [4.69, 9.17) is 0 Å². The molecule has 2 rings (SSSR count). The standard InChI is InChI=1S/C15H22N4O/c1-4-18(10-7-9-17(2)3)15-13(12-20)19-11-6-5-8-14(19)16-15/h5-6,8,11-12H,4,7,9-10H2,1-3H3. The fraction of sp³-hybridized carbons (Fsp3) is 0.467. The molecule has 0 N–H and O–H groups in total. The van der Waals surface area contributed by atoms with Crippen LogP contribution in [0.4, 0.5) is 5.82 Å². The second-order valence-electron chi connectivity index (χ2n) is 5.10. The molecule has 0 bridgehead atoms. The van der Waals surface area contributed by atoms with Crippen molar-refractivity contribution >= 4 is 17.8 Å². The van der Waals surface area contributed by atoms with Gasteiger partial charge < -0.3 is 9.80 Å². The molecule has 0 spiro atoms. The Morgan fingerprint density at radius 2 is 2.10 bits per heavy atom. The largest absolute Gasteiger partial charge is 0.355 e. The van der Waals surface area contributed by atoms with E-state index in [1.54, 1.807) is 0 Å². The molecule has 5 heteroatoms. The molecule has 0 aromatic carbocycles. The van der Waals surface area contributed by atoms with E-state index in [9.17, 15) is 4.79 Å². The van der Waals surface area contributed by atoms with Gasteiger partial charge in [0, 0.05) is 19.3 Å². The maximum absolute atomic E-state index is 11.4. The highest BCUT2D eigenvalue weighted by molar-refractivity contribution is 5.83. The Morgan fingerprint density at radius 3 is 2.75 bits per heavy atom. The average molecular weight is 274 g/mol. The topological polar surface area (TPSA) is 40.9 Å². The van der Waals surface area contributed by atoms with Gasteiger partial charge in [0.1, 0.15) is 11.3 Å². The monoisotopic (exact) mass is 274 g/mol. The normalized spacial score (nSPS) is 11.2. The molecule has 0 fully saturated rings. The molecule has 0 aliphatic rings. The van der Waals surface area contributed by atoms with E-state index in [0.29, 0.717) is 5.69 Å². The van der Waals surface area contributed by atoms with Crippen molar-refractivity contribution in [1.29, 1.82) is 0 Å². The first-order valence-corrected chi connectivity index (χ1v) is 6.99. The van der Waals surface area contributed by atoms with Crippen LogP contribution in [-0.2, 0) is 0 Å². The van der Waals surface area contributed by atoms with Crippen molar-refractivity contribution in [1.82, 2.24) is 14.3 Å². The Labute approximate surface area is 119 Å². The first-order valence-electron chi connectivity index (χ1n) is 6.99. The number of aromatic nitrogens is 2. The predicted octanol–water partition coefficient (Wildman–Crippen LogP) is 1.92. The quantitative estimate of drug-likeness (QED) is 0.723. The van der Waals surface area contributed by atoms with Crippen molar-refractivity contribution in [2.45, 2.75) is 13.3 Å². The maximum Gasteiger partial charge on any atom is 0.170 e. The summed E-state index contributed by atoms with van der Waals surface area (Å²) in [5, 5.41) is 0. The molecule has 2 aromatic rings. The van der Waals surface area contributed by atoms with Crippen molar-refractivity contribution in [2.24, 2.45) is 0 Å². The van der Waals surface area contributed by atoms with Crippen LogP contribution >= 0.6 is 0 Å². The number of rotatable bonds is 7. The van der Waals surface area contributed by atoms with Crippen LogP contribution in [0.15, 0.2) is 24.4 Å². The number of aldehydes is 1. The minimum Gasteiger partial charge on any atom is -0.355 e. The van der Waals surface area contributed by atoms with E-state index in [1.807, 2.05) is 28.8 Å². The van der Waals surface area contributed by atoms with E-state index in [-0.39, 0.29) is 0 Å². The van der Waals surface area contributed by atoms with E-state index >= 15 is 0 Å². The first-order chi connectivity index (χ1) is 9.67. The van der Waals surface area contributed by atoms with E-state index in [1.165, 1.54) is 0 Å². The van der Waals surface area contributed by atoms with Gasteiger partial charge in [0.05, 0.1) is 0 Å². The van der Waals surface area contributed by atoms with Crippen LogP contribution in [0.3, 0.4) is 0 Å². The lowest BCUT2D eigenvalue weighted by atomic mass is 10.3. The molecule has 0 unspecified atom stereocenters. The van der Waals surface area contributed by atoms with Crippen molar-refractivity contribution in [3.8, 4) is 0 Å². The third-order valence-electron chi connectivity index (χ3n) is 3.37. The summed E-state index contributed by atoms with van der Waals surface area (Å²) in [6.07, 6.45) is 3.82. The van der Waals surface area contributed by atoms with Gasteiger partial charge in [-0.05, 0) is 46.1 Å². The van der Waals surface area contributed by atoms with Gasteiger partial charge in [-0.1, -0.05) is 6.07 Å². The molecule has 0 aliphatic heterocycles. The van der Waals surface area contributed by atoms with Crippen LogP contribution in [0.25, 0.3) is 5.65 Å². The lowest BCUT2D eigenvalue weighted by molar-refractivity contribution is 0.111. The molecular formula is C15H22N4O. The van der Waals surface area contributed by atoms with Crippen LogP contribution in [0.2, 0.25) is 0 Å². The molecule has 0 atom stereocenters. The van der Waals surface area contributed by atoms with Crippen molar-refractivity contribution in [3.63, 3.8) is 0 Å². The maximum atomic E-state index is 11.4. The van der Waals surface area contributed by atoms with Gasteiger partial charge in [-0.15, -0.1) is 0 Å². The van der Waals surface area contributed by atoms with Crippen LogP contribution in [0.5, 0.6) is 0 Å². The zero-order valence-electron chi connectivity index (χ0n) is 12.4. The van der Waals surface area contributed by atoms with Gasteiger partial charge in [-0.3, -0.25) is 9.20 Å². The number of hydrogen-bond donors (Lipinski definition) is 0. The van der Waals surface area contributed by atoms with E-state index in [2.05, 4.69) is 35.8 Å². The summed E-state index contributed by atoms with van der Waals surface area (Å²) in [7, 11) is 4.14. The van der Waals surface area contributed by atoms with Crippen molar-refractivity contribution < 1.29 is 4.79 Å². The Morgan fingerprint density at radius 1 is 1.30 bits per heavy atom. The zero-order valence-corrected chi connectivity index (χ0v) is 12.4. The number of hydrogen-bond acceptors (Lipinski definition) is 4. The number of carbonyl (C=O) groups is 1. The summed E-state index contributed by atoms with van der Waals surface area (Å²) in [4.78, 5) is 20.3. The fourth-order valence-corrected chi connectivity index (χ4v) is 2.34. The zero-order chi connectivity index (χ0) is 14.5. The van der Waals surface area contributed by atoms with Crippen LogP contribution < -0.4 is 4.90 Å². The van der Waals surface area contributed by atoms with Crippen LogP contribution in [0.1, 0.15) is 23.8 Å². The lowest BCUT2D eigenvalue weighted by Gasteiger charge is -2.22. The molecule has 108 valence electrons. The number of fused-ring (bicyclic) bond motifs is 1. The molecule has 0 aliphatic carbocycles. The SMILES string of the molecule is CCN(CCCN(C)C)c1nc2ccccn2c1C=O. The van der Waals surface area contributed by atoms with Gasteiger partial charge >= 0.3 is 0 Å². The van der Waals surface area contributed by atoms with Gasteiger partial charge in [0.2, 0.25) is 0 Å². The minimum absolute atomic E-state index is 0.632. The predicted molar refractivity (Wildman–Crippen MR) is 81.6 cm³/mol. The van der Waals surface area contributed by atoms with Gasteiger partial charge in [-0.25, -0.2) is 4.98 Å². The van der Waals surface area contributed by atoms with Gasteiger partial charge in [-0.2, -0.15) is 0 Å². The number of nitrogens with zero attached hydrogens (tertiary/aromatic N) is 4. The van der Waals surface area contributed by atoms with Gasteiger partial charge in [0.15, 0.2) is 12.1 Å². The molecular weight excluding hydrogens is 252 g/mol. The molecule has 0 radical (unpaired) electrons. The summed E-state index contributed by atoms with van der Waals surface area (Å²) < 4.78 is 1.84. The number of anilines is 1. The second-order valence-corrected chi connectivity index (χ2v) is 5.10. The Bertz CT molecular complexity index is 576. The molecule has 0 saturated heterocycles. The molecule has 0 amide bonds. The van der Waals surface area contributed by atoms with Crippen LogP contribution in [0, 0.1) is 0 Å². The summed E-state index contributed by atoms with van der Waals surface area (Å²) in [5.74, 6) is 0.785. The van der Waals surface area contributed by atoms with Crippen molar-refractivity contribution in [2.75, 3.05) is 38.6 Å². The summed E-state index contributed by atoms with van der Waals surface area (Å²) in [6.45, 7) is 4.87. The summed E-state index contributed by atoms with van der Waals surface area (Å²) in [5.41, 5.74) is 1.45. The highest BCUT2D eigenvalue weighted by Crippen LogP contribution is 2.20. The smallest absolute Gasteiger partial charge is 0.170 e. The highest BCUT2D eigenvalue weighted by Gasteiger charge is 2.16.